The quantitative estimate of drug-likeness (QED) is 0.341. The molecule has 0 aromatic heterocycles. The van der Waals surface area contributed by atoms with Crippen molar-refractivity contribution in [2.45, 2.75) is 23.8 Å². The zero-order chi connectivity index (χ0) is 23.7. The first-order valence-electron chi connectivity index (χ1n) is 10.4. The molecule has 2 aromatic rings. The first-order chi connectivity index (χ1) is 15.9. The van der Waals surface area contributed by atoms with Crippen molar-refractivity contribution in [1.29, 1.82) is 0 Å². The maximum atomic E-state index is 12.6. The number of carbonyl (C=O) groups excluding carboxylic acids is 1. The van der Waals surface area contributed by atoms with E-state index in [4.69, 9.17) is 26.4 Å². The van der Waals surface area contributed by atoms with Crippen LogP contribution in [0.1, 0.15) is 23.2 Å². The van der Waals surface area contributed by atoms with Crippen molar-refractivity contribution in [3.63, 3.8) is 0 Å². The highest BCUT2D eigenvalue weighted by Crippen LogP contribution is 2.19. The second kappa shape index (κ2) is 12.1. The molecule has 1 aliphatic rings. The Labute approximate surface area is 198 Å². The van der Waals surface area contributed by atoms with E-state index in [1.54, 1.807) is 43.5 Å². The highest BCUT2D eigenvalue weighted by Gasteiger charge is 2.20. The number of thiocarbonyl (C=S) groups is 1. The van der Waals surface area contributed by atoms with Crippen LogP contribution in [-0.4, -0.2) is 59.0 Å². The molecule has 1 fully saturated rings. The van der Waals surface area contributed by atoms with Gasteiger partial charge in [0.25, 0.3) is 5.91 Å². The van der Waals surface area contributed by atoms with Crippen LogP contribution in [0.5, 0.6) is 5.75 Å². The first-order valence-corrected chi connectivity index (χ1v) is 12.3. The van der Waals surface area contributed by atoms with E-state index in [1.807, 2.05) is 0 Å². The molecule has 9 nitrogen and oxygen atoms in total. The van der Waals surface area contributed by atoms with Gasteiger partial charge >= 0.3 is 0 Å². The molecule has 0 aliphatic carbocycles. The average Bonchev–Trinajstić information content (AvgIpc) is 3.32. The van der Waals surface area contributed by atoms with Crippen molar-refractivity contribution in [1.82, 2.24) is 10.0 Å². The lowest BCUT2D eigenvalue weighted by Gasteiger charge is -2.14. The predicted octanol–water partition coefficient (Wildman–Crippen LogP) is 2.30. The zero-order valence-electron chi connectivity index (χ0n) is 18.2. The van der Waals surface area contributed by atoms with Gasteiger partial charge in [0.05, 0.1) is 23.2 Å². The summed E-state index contributed by atoms with van der Waals surface area (Å²) in [6.07, 6.45) is 1.70. The maximum Gasteiger partial charge on any atom is 0.261 e. The lowest BCUT2D eigenvalue weighted by Crippen LogP contribution is -2.34. The van der Waals surface area contributed by atoms with E-state index in [0.29, 0.717) is 36.8 Å². The van der Waals surface area contributed by atoms with Crippen LogP contribution in [0.25, 0.3) is 0 Å². The fraction of sp³-hybridized carbons (Fsp3) is 0.364. The number of benzene rings is 2. The van der Waals surface area contributed by atoms with E-state index in [2.05, 4.69) is 15.4 Å². The van der Waals surface area contributed by atoms with Crippen LogP contribution in [0.4, 0.5) is 5.69 Å². The summed E-state index contributed by atoms with van der Waals surface area (Å²) in [5.74, 6) is -0.0158. The second-order valence-electron chi connectivity index (χ2n) is 7.26. The summed E-state index contributed by atoms with van der Waals surface area (Å²) in [6.45, 7) is 1.61. The number of rotatable bonds is 10. The van der Waals surface area contributed by atoms with Crippen LogP contribution < -0.4 is 20.1 Å². The molecule has 1 unspecified atom stereocenters. The van der Waals surface area contributed by atoms with Crippen molar-refractivity contribution >= 4 is 38.9 Å². The monoisotopic (exact) mass is 493 g/mol. The molecule has 33 heavy (non-hydrogen) atoms. The van der Waals surface area contributed by atoms with Gasteiger partial charge < -0.3 is 19.5 Å². The zero-order valence-corrected chi connectivity index (χ0v) is 19.8. The van der Waals surface area contributed by atoms with Crippen LogP contribution in [0, 0.1) is 0 Å². The largest absolute Gasteiger partial charge is 0.490 e. The van der Waals surface area contributed by atoms with Crippen LogP contribution >= 0.6 is 12.2 Å². The normalized spacial score (nSPS) is 15.7. The van der Waals surface area contributed by atoms with Gasteiger partial charge in [0.1, 0.15) is 12.4 Å². The van der Waals surface area contributed by atoms with Crippen molar-refractivity contribution in [2.24, 2.45) is 0 Å². The molecular weight excluding hydrogens is 466 g/mol. The number of amides is 1. The molecule has 1 atom stereocenters. The van der Waals surface area contributed by atoms with Crippen LogP contribution in [0.2, 0.25) is 0 Å². The lowest BCUT2D eigenvalue weighted by molar-refractivity contribution is 0.0969. The van der Waals surface area contributed by atoms with Gasteiger partial charge in [0.2, 0.25) is 10.0 Å². The summed E-state index contributed by atoms with van der Waals surface area (Å²) in [6, 6.07) is 12.9. The molecule has 0 saturated carbocycles. The maximum absolute atomic E-state index is 12.6. The van der Waals surface area contributed by atoms with Gasteiger partial charge in [0, 0.05) is 25.9 Å². The van der Waals surface area contributed by atoms with E-state index >= 15 is 0 Å². The molecule has 1 saturated heterocycles. The first kappa shape index (κ1) is 25.1. The molecule has 2 aromatic carbocycles. The Hall–Kier alpha value is -2.57. The van der Waals surface area contributed by atoms with Crippen molar-refractivity contribution in [2.75, 3.05) is 38.8 Å². The molecule has 1 heterocycles. The van der Waals surface area contributed by atoms with Gasteiger partial charge in [-0.05, 0) is 61.5 Å². The van der Waals surface area contributed by atoms with Crippen molar-refractivity contribution in [3.8, 4) is 5.75 Å². The molecule has 0 bridgehead atoms. The number of anilines is 1. The minimum absolute atomic E-state index is 0.0683. The number of methoxy groups -OCH3 is 1. The molecule has 1 amide bonds. The third-order valence-electron chi connectivity index (χ3n) is 4.85. The summed E-state index contributed by atoms with van der Waals surface area (Å²) < 4.78 is 43.5. The van der Waals surface area contributed by atoms with Crippen molar-refractivity contribution in [3.05, 3.63) is 54.1 Å². The number of ether oxygens (including phenoxy) is 3. The Kier molecular flexibility index (Phi) is 9.15. The Morgan fingerprint density at radius 3 is 2.61 bits per heavy atom. The molecule has 1 aliphatic heterocycles. The fourth-order valence-corrected chi connectivity index (χ4v) is 4.43. The fourth-order valence-electron chi connectivity index (χ4n) is 3.16. The highest BCUT2D eigenvalue weighted by atomic mass is 32.2. The molecule has 0 spiro atoms. The van der Waals surface area contributed by atoms with E-state index in [9.17, 15) is 13.2 Å². The number of hydrogen-bond donors (Lipinski definition) is 3. The summed E-state index contributed by atoms with van der Waals surface area (Å²) in [7, 11) is -2.08. The van der Waals surface area contributed by atoms with E-state index < -0.39 is 15.9 Å². The SMILES string of the molecule is COCCOc1ccccc1C(=O)NC(=S)Nc1ccc(S(=O)(=O)NCC2CCCO2)cc1. The summed E-state index contributed by atoms with van der Waals surface area (Å²) in [5, 5.41) is 5.54. The Morgan fingerprint density at radius 2 is 1.91 bits per heavy atom. The predicted molar refractivity (Wildman–Crippen MR) is 128 cm³/mol. The standard InChI is InChI=1S/C22H27N3O6S2/c1-29-13-14-31-20-7-3-2-6-19(20)21(26)25-22(32)24-16-8-10-18(11-9-16)33(27,28)23-15-17-5-4-12-30-17/h2-3,6-11,17,23H,4-5,12-15H2,1H3,(H2,24,25,26,32). The number of hydrogen-bond acceptors (Lipinski definition) is 7. The van der Waals surface area contributed by atoms with Crippen LogP contribution in [0.3, 0.4) is 0 Å². The van der Waals surface area contributed by atoms with Gasteiger partial charge in [-0.3, -0.25) is 10.1 Å². The molecule has 3 rings (SSSR count). The number of para-hydroxylation sites is 1. The lowest BCUT2D eigenvalue weighted by atomic mass is 10.2. The molecule has 3 N–H and O–H groups in total. The summed E-state index contributed by atoms with van der Waals surface area (Å²) in [4.78, 5) is 12.7. The Morgan fingerprint density at radius 1 is 1.15 bits per heavy atom. The third-order valence-corrected chi connectivity index (χ3v) is 6.49. The summed E-state index contributed by atoms with van der Waals surface area (Å²) >= 11 is 5.22. The van der Waals surface area contributed by atoms with Gasteiger partial charge in [-0.25, -0.2) is 13.1 Å². The minimum Gasteiger partial charge on any atom is -0.490 e. The topological polar surface area (TPSA) is 115 Å². The van der Waals surface area contributed by atoms with Crippen LogP contribution in [0.15, 0.2) is 53.4 Å². The van der Waals surface area contributed by atoms with Crippen molar-refractivity contribution < 1.29 is 27.4 Å². The highest BCUT2D eigenvalue weighted by molar-refractivity contribution is 7.89. The second-order valence-corrected chi connectivity index (χ2v) is 9.43. The number of nitrogens with one attached hydrogen (secondary N) is 3. The van der Waals surface area contributed by atoms with Gasteiger partial charge in [-0.2, -0.15) is 0 Å². The Bertz CT molecular complexity index is 1050. The molecular formula is C22H27N3O6S2. The number of sulfonamides is 1. The Balaban J connectivity index is 1.55. The van der Waals surface area contributed by atoms with E-state index in [1.165, 1.54) is 12.1 Å². The van der Waals surface area contributed by atoms with Gasteiger partial charge in [-0.1, -0.05) is 12.1 Å². The number of carbonyl (C=O) groups is 1. The van der Waals surface area contributed by atoms with Crippen LogP contribution in [-0.2, 0) is 19.5 Å². The molecule has 0 radical (unpaired) electrons. The third kappa shape index (κ3) is 7.47. The van der Waals surface area contributed by atoms with E-state index in [-0.39, 0.29) is 22.7 Å². The minimum atomic E-state index is -3.65. The summed E-state index contributed by atoms with van der Waals surface area (Å²) in [5.41, 5.74) is 0.861. The van der Waals surface area contributed by atoms with E-state index in [0.717, 1.165) is 12.8 Å². The molecule has 178 valence electrons. The van der Waals surface area contributed by atoms with Gasteiger partial charge in [0.15, 0.2) is 5.11 Å². The smallest absolute Gasteiger partial charge is 0.261 e. The van der Waals surface area contributed by atoms with Gasteiger partial charge in [-0.15, -0.1) is 0 Å². The average molecular weight is 494 g/mol. The molecule has 11 heteroatoms.